The van der Waals surface area contributed by atoms with Crippen LogP contribution in [0.5, 0.6) is 0 Å². The number of hydrogen-bond acceptors (Lipinski definition) is 5. The number of thiazole rings is 1. The Labute approximate surface area is 150 Å². The minimum absolute atomic E-state index is 0.0673. The zero-order valence-electron chi connectivity index (χ0n) is 13.0. The molecule has 0 aliphatic rings. The molecule has 0 aliphatic heterocycles. The van der Waals surface area contributed by atoms with Crippen LogP contribution < -0.4 is 5.56 Å². The molecule has 2 aromatic carbocycles. The number of imidazole rings is 1. The van der Waals surface area contributed by atoms with E-state index in [-0.39, 0.29) is 5.56 Å². The monoisotopic (exact) mass is 364 g/mol. The summed E-state index contributed by atoms with van der Waals surface area (Å²) < 4.78 is 3.78. The number of nitrogens with one attached hydrogen (secondary N) is 1. The number of aromatic nitrogens is 4. The van der Waals surface area contributed by atoms with Crippen molar-refractivity contribution in [2.75, 3.05) is 0 Å². The largest absolute Gasteiger partial charge is 0.328 e. The van der Waals surface area contributed by atoms with E-state index in [9.17, 15) is 4.79 Å². The molecule has 0 saturated carbocycles. The number of rotatable bonds is 3. The first-order chi connectivity index (χ1) is 12.3. The molecule has 122 valence electrons. The summed E-state index contributed by atoms with van der Waals surface area (Å²) in [7, 11) is 0. The molecule has 7 heteroatoms. The minimum Gasteiger partial charge on any atom is -0.328 e. The zero-order valence-corrected chi connectivity index (χ0v) is 14.6. The molecule has 5 nitrogen and oxygen atoms in total. The number of para-hydroxylation sites is 3. The Balaban J connectivity index is 1.50. The van der Waals surface area contributed by atoms with Crippen LogP contribution >= 0.6 is 23.1 Å². The highest BCUT2D eigenvalue weighted by atomic mass is 32.2. The van der Waals surface area contributed by atoms with E-state index in [4.69, 9.17) is 0 Å². The highest BCUT2D eigenvalue weighted by Crippen LogP contribution is 2.30. The second kappa shape index (κ2) is 5.72. The fraction of sp³-hybridized carbons (Fsp3) is 0.0556. The molecule has 0 aliphatic carbocycles. The molecule has 0 saturated heterocycles. The Kier molecular flexibility index (Phi) is 3.36. The summed E-state index contributed by atoms with van der Waals surface area (Å²) in [6, 6.07) is 17.4. The van der Waals surface area contributed by atoms with Crippen LogP contribution in [0.4, 0.5) is 0 Å². The van der Waals surface area contributed by atoms with Gasteiger partial charge in [0.15, 0.2) is 4.34 Å². The van der Waals surface area contributed by atoms with Gasteiger partial charge in [-0.2, -0.15) is 0 Å². The third-order valence-electron chi connectivity index (χ3n) is 3.98. The lowest BCUT2D eigenvalue weighted by Gasteiger charge is -2.01. The van der Waals surface area contributed by atoms with Gasteiger partial charge in [-0.25, -0.2) is 14.4 Å². The summed E-state index contributed by atoms with van der Waals surface area (Å²) in [4.78, 5) is 24.9. The van der Waals surface area contributed by atoms with E-state index in [1.54, 1.807) is 33.6 Å². The van der Waals surface area contributed by atoms with Crippen molar-refractivity contribution in [2.45, 2.75) is 10.1 Å². The predicted molar refractivity (Wildman–Crippen MR) is 102 cm³/mol. The number of hydrogen-bond donors (Lipinski definition) is 1. The lowest BCUT2D eigenvalue weighted by molar-refractivity contribution is 1.04. The Bertz CT molecular complexity index is 1250. The lowest BCUT2D eigenvalue weighted by atomic mass is 10.3. The van der Waals surface area contributed by atoms with E-state index >= 15 is 0 Å². The Morgan fingerprint density at radius 1 is 1.04 bits per heavy atom. The summed E-state index contributed by atoms with van der Waals surface area (Å²) in [6.45, 7) is 0. The van der Waals surface area contributed by atoms with Gasteiger partial charge in [0.05, 0.1) is 21.3 Å². The van der Waals surface area contributed by atoms with Crippen molar-refractivity contribution < 1.29 is 0 Å². The second-order valence-corrected chi connectivity index (χ2v) is 7.88. The van der Waals surface area contributed by atoms with E-state index in [2.05, 4.69) is 21.0 Å². The molecular formula is C18H12N4OS2. The quantitative estimate of drug-likeness (QED) is 0.490. The molecule has 3 heterocycles. The predicted octanol–water partition coefficient (Wildman–Crippen LogP) is 4.08. The standard InChI is InChI=1S/C18H12N4OS2/c23-16-9-11(10-24-18-21-13-6-2-4-8-15(13)25-18)19-17-20-12-5-1-3-7-14(12)22(16)17/h1-9H,10H2,(H,19,20). The Hall–Kier alpha value is -2.64. The van der Waals surface area contributed by atoms with Crippen LogP contribution in [0.3, 0.4) is 0 Å². The van der Waals surface area contributed by atoms with Gasteiger partial charge in [-0.05, 0) is 24.3 Å². The smallest absolute Gasteiger partial charge is 0.259 e. The third-order valence-corrected chi connectivity index (χ3v) is 6.20. The maximum absolute atomic E-state index is 12.5. The van der Waals surface area contributed by atoms with E-state index < -0.39 is 0 Å². The van der Waals surface area contributed by atoms with Gasteiger partial charge in [0, 0.05) is 17.5 Å². The fourth-order valence-electron chi connectivity index (χ4n) is 2.86. The topological polar surface area (TPSA) is 63.0 Å². The minimum atomic E-state index is -0.0673. The number of thioether (sulfide) groups is 1. The molecular weight excluding hydrogens is 352 g/mol. The number of H-pyrrole nitrogens is 1. The second-order valence-electron chi connectivity index (χ2n) is 5.63. The molecule has 1 N–H and O–H groups in total. The van der Waals surface area contributed by atoms with Crippen LogP contribution in [0.1, 0.15) is 5.69 Å². The van der Waals surface area contributed by atoms with Crippen molar-refractivity contribution in [3.8, 4) is 0 Å². The molecule has 25 heavy (non-hydrogen) atoms. The molecule has 3 aromatic heterocycles. The molecule has 0 bridgehead atoms. The summed E-state index contributed by atoms with van der Waals surface area (Å²) in [5, 5.41) is 0. The van der Waals surface area contributed by atoms with Crippen LogP contribution in [0.2, 0.25) is 0 Å². The van der Waals surface area contributed by atoms with Crippen LogP contribution in [0.25, 0.3) is 27.0 Å². The molecule has 0 fully saturated rings. The van der Waals surface area contributed by atoms with Gasteiger partial charge in [0.25, 0.3) is 5.56 Å². The Morgan fingerprint density at radius 2 is 1.84 bits per heavy atom. The van der Waals surface area contributed by atoms with Crippen molar-refractivity contribution in [1.29, 1.82) is 0 Å². The summed E-state index contributed by atoms with van der Waals surface area (Å²) in [5.41, 5.74) is 3.42. The molecule has 5 rings (SSSR count). The van der Waals surface area contributed by atoms with Crippen LogP contribution in [0, 0.1) is 0 Å². The number of nitrogens with zero attached hydrogens (tertiary/aromatic N) is 3. The number of fused-ring (bicyclic) bond motifs is 4. The third kappa shape index (κ3) is 2.52. The van der Waals surface area contributed by atoms with Crippen molar-refractivity contribution in [3.63, 3.8) is 0 Å². The lowest BCUT2D eigenvalue weighted by Crippen LogP contribution is -2.14. The average Bonchev–Trinajstić information content (AvgIpc) is 3.20. The number of benzene rings is 2. The first-order valence-corrected chi connectivity index (χ1v) is 9.56. The maximum Gasteiger partial charge on any atom is 0.259 e. The summed E-state index contributed by atoms with van der Waals surface area (Å²) >= 11 is 3.29. The molecule has 0 spiro atoms. The molecule has 0 atom stereocenters. The van der Waals surface area contributed by atoms with Gasteiger partial charge < -0.3 is 4.98 Å². The van der Waals surface area contributed by atoms with E-state index in [1.165, 1.54) is 4.70 Å². The van der Waals surface area contributed by atoms with E-state index in [0.717, 1.165) is 26.6 Å². The fourth-order valence-corrected chi connectivity index (χ4v) is 4.83. The first kappa shape index (κ1) is 14.7. The average molecular weight is 364 g/mol. The van der Waals surface area contributed by atoms with Gasteiger partial charge in [0.2, 0.25) is 5.78 Å². The van der Waals surface area contributed by atoms with Gasteiger partial charge >= 0.3 is 0 Å². The summed E-state index contributed by atoms with van der Waals surface area (Å²) in [6.07, 6.45) is 0. The Morgan fingerprint density at radius 3 is 2.72 bits per heavy atom. The maximum atomic E-state index is 12.5. The normalized spacial score (nSPS) is 11.7. The SMILES string of the molecule is O=c1cc(CSc2nc3ccccc3s2)[nH]c2nc3ccccc3n12. The molecule has 5 aromatic rings. The van der Waals surface area contributed by atoms with Crippen molar-refractivity contribution in [2.24, 2.45) is 0 Å². The number of aromatic amines is 1. The molecule has 0 unspecified atom stereocenters. The summed E-state index contributed by atoms with van der Waals surface area (Å²) in [5.74, 6) is 1.22. The van der Waals surface area contributed by atoms with Crippen LogP contribution in [0.15, 0.2) is 63.7 Å². The van der Waals surface area contributed by atoms with Crippen molar-refractivity contribution in [3.05, 3.63) is 70.6 Å². The van der Waals surface area contributed by atoms with E-state index in [1.807, 2.05) is 42.5 Å². The van der Waals surface area contributed by atoms with E-state index in [0.29, 0.717) is 11.5 Å². The zero-order chi connectivity index (χ0) is 16.8. The van der Waals surface area contributed by atoms with Crippen molar-refractivity contribution >= 4 is 50.1 Å². The van der Waals surface area contributed by atoms with Gasteiger partial charge in [0.1, 0.15) is 0 Å². The molecule has 0 radical (unpaired) electrons. The highest BCUT2D eigenvalue weighted by Gasteiger charge is 2.10. The molecule has 0 amide bonds. The van der Waals surface area contributed by atoms with Gasteiger partial charge in [-0.3, -0.25) is 4.79 Å². The first-order valence-electron chi connectivity index (χ1n) is 7.76. The van der Waals surface area contributed by atoms with Crippen LogP contribution in [-0.4, -0.2) is 19.4 Å². The van der Waals surface area contributed by atoms with Crippen molar-refractivity contribution in [1.82, 2.24) is 19.4 Å². The van der Waals surface area contributed by atoms with Crippen LogP contribution in [-0.2, 0) is 5.75 Å². The van der Waals surface area contributed by atoms with Gasteiger partial charge in [-0.15, -0.1) is 11.3 Å². The van der Waals surface area contributed by atoms with Gasteiger partial charge in [-0.1, -0.05) is 36.0 Å². The highest BCUT2D eigenvalue weighted by molar-refractivity contribution is 8.00.